The van der Waals surface area contributed by atoms with E-state index in [1.165, 1.54) is 24.4 Å². The largest absolute Gasteiger partial charge is 0.305 e. The number of hydrogen-bond donors (Lipinski definition) is 0. The summed E-state index contributed by atoms with van der Waals surface area (Å²) in [7, 11) is 0. The number of rotatable bonds is 5. The molecule has 2 heterocycles. The first-order valence-corrected chi connectivity index (χ1v) is 13.6. The molecule has 0 spiro atoms. The molecular weight excluding hydrogens is 689 g/mol. The van der Waals surface area contributed by atoms with E-state index in [1.807, 2.05) is 71.9 Å². The molecule has 0 atom stereocenters. The second-order valence-electron chi connectivity index (χ2n) is 11.8. The van der Waals surface area contributed by atoms with E-state index in [0.29, 0.717) is 27.9 Å². The molecule has 3 heteroatoms. The predicted molar refractivity (Wildman–Crippen MR) is 174 cm³/mol. The van der Waals surface area contributed by atoms with Crippen molar-refractivity contribution in [2.75, 3.05) is 0 Å². The Morgan fingerprint density at radius 1 is 0.738 bits per heavy atom. The van der Waals surface area contributed by atoms with Crippen LogP contribution < -0.4 is 0 Å². The van der Waals surface area contributed by atoms with Crippen LogP contribution in [-0.4, -0.2) is 9.97 Å². The van der Waals surface area contributed by atoms with Gasteiger partial charge in [0.1, 0.15) is 0 Å². The molecule has 0 aliphatic carbocycles. The van der Waals surface area contributed by atoms with Crippen molar-refractivity contribution in [1.29, 1.82) is 0 Å². The third kappa shape index (κ3) is 10.5. The van der Waals surface area contributed by atoms with Gasteiger partial charge < -0.3 is 9.97 Å². The second kappa shape index (κ2) is 14.7. The van der Waals surface area contributed by atoms with Gasteiger partial charge in [0, 0.05) is 42.1 Å². The zero-order valence-corrected chi connectivity index (χ0v) is 27.3. The van der Waals surface area contributed by atoms with Crippen LogP contribution in [0.25, 0.3) is 33.6 Å². The minimum Gasteiger partial charge on any atom is -0.305 e. The van der Waals surface area contributed by atoms with Gasteiger partial charge >= 0.3 is 0 Å². The van der Waals surface area contributed by atoms with Crippen molar-refractivity contribution in [2.45, 2.75) is 61.1 Å². The second-order valence-corrected chi connectivity index (χ2v) is 11.8. The fraction of sp³-hybridized carbons (Fsp3) is 0.282. The number of hydrogen-bond acceptors (Lipinski definition) is 2. The first kappa shape index (κ1) is 22.2. The van der Waals surface area contributed by atoms with Gasteiger partial charge in [0.2, 0.25) is 0 Å². The molecule has 2 aromatic heterocycles. The van der Waals surface area contributed by atoms with Crippen LogP contribution in [0.3, 0.4) is 0 Å². The molecule has 0 fully saturated rings. The van der Waals surface area contributed by atoms with E-state index in [4.69, 9.17) is 12.3 Å². The van der Waals surface area contributed by atoms with E-state index < -0.39 is 30.4 Å². The average Bonchev–Trinajstić information content (AvgIpc) is 3.04. The van der Waals surface area contributed by atoms with Crippen molar-refractivity contribution in [3.05, 3.63) is 132 Å². The molecule has 2 nitrogen and oxygen atoms in total. The molecule has 219 valence electrons. The van der Waals surface area contributed by atoms with Crippen molar-refractivity contribution in [1.82, 2.24) is 9.97 Å². The maximum atomic E-state index is 8.43. The summed E-state index contributed by atoms with van der Waals surface area (Å²) in [6, 6.07) is 28.7. The minimum absolute atomic E-state index is 0. The molecule has 0 bridgehead atoms. The maximum Gasteiger partial charge on any atom is 0.0629 e. The molecule has 0 aliphatic heterocycles. The smallest absolute Gasteiger partial charge is 0.0629 e. The monoisotopic (exact) mass is 740 g/mol. The SMILES string of the molecule is [2H]C([2H])([2H])c1c[c-]c(-c2ccc(C([2H])([2H])C(C)(C)C)cn2)cc1.[2H]c1cc(C([2H])([2H])C(C)(C)C)cc([2H])c1-c1ccnc(-c2[c-]cccc2)c1.[Ir]. The third-order valence-corrected chi connectivity index (χ3v) is 5.67. The quantitative estimate of drug-likeness (QED) is 0.168. The summed E-state index contributed by atoms with van der Waals surface area (Å²) >= 11 is 0. The van der Waals surface area contributed by atoms with Crippen molar-refractivity contribution >= 4 is 0 Å². The Bertz CT molecular complexity index is 1890. The van der Waals surface area contributed by atoms with Crippen molar-refractivity contribution < 1.29 is 32.4 Å². The Morgan fingerprint density at radius 3 is 2.02 bits per heavy atom. The fourth-order valence-corrected chi connectivity index (χ4v) is 3.99. The Hall–Kier alpha value is -3.39. The number of aryl methyl sites for hydroxylation is 1. The summed E-state index contributed by atoms with van der Waals surface area (Å²) in [5.41, 5.74) is 4.02. The Balaban J connectivity index is 0.000000274. The summed E-state index contributed by atoms with van der Waals surface area (Å²) in [5.74, 6) is 0. The zero-order chi connectivity index (χ0) is 37.3. The van der Waals surface area contributed by atoms with Crippen LogP contribution in [0.1, 0.15) is 70.6 Å². The average molecular weight is 740 g/mol. The van der Waals surface area contributed by atoms with Crippen LogP contribution in [0.5, 0.6) is 0 Å². The summed E-state index contributed by atoms with van der Waals surface area (Å²) in [5, 5.41) is 0. The normalized spacial score (nSPS) is 15.3. The maximum absolute atomic E-state index is 8.43. The summed E-state index contributed by atoms with van der Waals surface area (Å²) < 4.78 is 72.3. The molecule has 3 aromatic carbocycles. The number of pyridine rings is 2. The Kier molecular flexibility index (Phi) is 7.75. The predicted octanol–water partition coefficient (Wildman–Crippen LogP) is 10.2. The number of benzene rings is 3. The molecular formula is C39H42IrN2-2. The first-order valence-electron chi connectivity index (χ1n) is 18.1. The molecule has 0 amide bonds. The van der Waals surface area contributed by atoms with E-state index >= 15 is 0 Å². The zero-order valence-electron chi connectivity index (χ0n) is 33.9. The van der Waals surface area contributed by atoms with Crippen LogP contribution in [0.2, 0.25) is 0 Å². The summed E-state index contributed by atoms with van der Waals surface area (Å²) in [6.07, 6.45) is 0.0612. The van der Waals surface area contributed by atoms with Crippen molar-refractivity contribution in [3.63, 3.8) is 0 Å². The van der Waals surface area contributed by atoms with Crippen LogP contribution in [0.15, 0.2) is 103 Å². The molecule has 42 heavy (non-hydrogen) atoms. The van der Waals surface area contributed by atoms with Crippen molar-refractivity contribution in [2.24, 2.45) is 10.8 Å². The van der Waals surface area contributed by atoms with E-state index in [-0.39, 0.29) is 37.8 Å². The van der Waals surface area contributed by atoms with Gasteiger partial charge in [-0.15, -0.1) is 71.3 Å². The molecule has 0 saturated heterocycles. The molecule has 1 radical (unpaired) electrons. The van der Waals surface area contributed by atoms with Gasteiger partial charge in [0.25, 0.3) is 0 Å². The standard InChI is InChI=1S/C22H22N.C17H20N.Ir/c1-22(2,3)16-17-9-11-18(12-10-17)20-13-14-23-21(15-20)19-7-5-4-6-8-19;1-13-5-8-15(9-6-13)16-10-7-14(12-18-16)11-17(2,3)4;/h4-7,9-15H,16H2,1-3H3;5-8,10,12H,11H2,1-4H3;/q2*-1;/i11D,12D,16D2;1D3,11D2;. The molecule has 0 unspecified atom stereocenters. The van der Waals surface area contributed by atoms with Crippen molar-refractivity contribution in [3.8, 4) is 33.6 Å². The number of nitrogens with zero attached hydrogens (tertiary/aromatic N) is 2. The van der Waals surface area contributed by atoms with E-state index in [2.05, 4.69) is 22.1 Å². The van der Waals surface area contributed by atoms with Gasteiger partial charge in [0.05, 0.1) is 2.74 Å². The topological polar surface area (TPSA) is 25.8 Å². The minimum atomic E-state index is -2.14. The molecule has 0 saturated carbocycles. The van der Waals surface area contributed by atoms with E-state index in [1.54, 1.807) is 36.5 Å². The van der Waals surface area contributed by atoms with E-state index in [0.717, 1.165) is 16.8 Å². The fourth-order valence-electron chi connectivity index (χ4n) is 3.99. The molecule has 5 rings (SSSR count). The van der Waals surface area contributed by atoms with Gasteiger partial charge in [0.15, 0.2) is 0 Å². The molecule has 0 N–H and O–H groups in total. The Morgan fingerprint density at radius 2 is 1.45 bits per heavy atom. The summed E-state index contributed by atoms with van der Waals surface area (Å²) in [6.45, 7) is 8.86. The molecule has 5 aromatic rings. The Labute approximate surface area is 279 Å². The van der Waals surface area contributed by atoms with Gasteiger partial charge in [-0.25, -0.2) is 0 Å². The van der Waals surface area contributed by atoms with E-state index in [9.17, 15) is 0 Å². The van der Waals surface area contributed by atoms with Gasteiger partial charge in [-0.2, -0.15) is 0 Å². The summed E-state index contributed by atoms with van der Waals surface area (Å²) in [4.78, 5) is 8.68. The van der Waals surface area contributed by atoms with Gasteiger partial charge in [-0.05, 0) is 63.3 Å². The van der Waals surface area contributed by atoms with Crippen LogP contribution >= 0.6 is 0 Å². The van der Waals surface area contributed by atoms with Crippen LogP contribution in [0.4, 0.5) is 0 Å². The first-order chi connectivity index (χ1) is 23.0. The van der Waals surface area contributed by atoms with Gasteiger partial charge in [-0.3, -0.25) is 0 Å². The van der Waals surface area contributed by atoms with Crippen LogP contribution in [0, 0.1) is 29.8 Å². The third-order valence-electron chi connectivity index (χ3n) is 5.67. The molecule has 0 aliphatic rings. The van der Waals surface area contributed by atoms with Crippen LogP contribution in [-0.2, 0) is 32.9 Å². The number of aromatic nitrogens is 2. The van der Waals surface area contributed by atoms with Gasteiger partial charge in [-0.1, -0.05) is 90.8 Å².